The Labute approximate surface area is 101 Å². The molecule has 0 aliphatic rings. The highest BCUT2D eigenvalue weighted by Gasteiger charge is 2.14. The smallest absolute Gasteiger partial charge is 0.131 e. The molecule has 1 atom stereocenters. The lowest BCUT2D eigenvalue weighted by atomic mass is 10.1. The van der Waals surface area contributed by atoms with Crippen molar-refractivity contribution >= 4 is 0 Å². The minimum absolute atomic E-state index is 0.165. The van der Waals surface area contributed by atoms with Crippen molar-refractivity contribution in [3.8, 4) is 0 Å². The van der Waals surface area contributed by atoms with Crippen LogP contribution in [0, 0.1) is 11.6 Å². The van der Waals surface area contributed by atoms with Gasteiger partial charge in [0, 0.05) is 18.2 Å². The Morgan fingerprint density at radius 1 is 1.24 bits per heavy atom. The molecule has 1 aromatic rings. The van der Waals surface area contributed by atoms with Crippen LogP contribution in [0.15, 0.2) is 18.2 Å². The van der Waals surface area contributed by atoms with Gasteiger partial charge in [0.15, 0.2) is 0 Å². The van der Waals surface area contributed by atoms with Crippen molar-refractivity contribution in [2.45, 2.75) is 26.4 Å². The minimum Gasteiger partial charge on any atom is -0.388 e. The van der Waals surface area contributed by atoms with E-state index in [4.69, 9.17) is 0 Å². The lowest BCUT2D eigenvalue weighted by Gasteiger charge is -2.20. The summed E-state index contributed by atoms with van der Waals surface area (Å²) in [5.74, 6) is -1.31. The number of hydrogen-bond donors (Lipinski definition) is 1. The molecule has 0 aliphatic carbocycles. The molecule has 0 aromatic heterocycles. The lowest BCUT2D eigenvalue weighted by molar-refractivity contribution is 0.141. The summed E-state index contributed by atoms with van der Waals surface area (Å²) in [4.78, 5) is 2.14. The predicted molar refractivity (Wildman–Crippen MR) is 63.7 cm³/mol. The molecule has 0 heterocycles. The van der Waals surface area contributed by atoms with E-state index in [1.807, 2.05) is 13.8 Å². The summed E-state index contributed by atoms with van der Waals surface area (Å²) >= 11 is 0. The fourth-order valence-electron chi connectivity index (χ4n) is 1.77. The van der Waals surface area contributed by atoms with Crippen LogP contribution >= 0.6 is 0 Å². The highest BCUT2D eigenvalue weighted by atomic mass is 19.1. The Morgan fingerprint density at radius 2 is 1.88 bits per heavy atom. The SMILES string of the molecule is CCN(CC)CCC(O)c1ccc(F)cc1F. The van der Waals surface area contributed by atoms with Crippen molar-refractivity contribution < 1.29 is 13.9 Å². The third-order valence-electron chi connectivity index (χ3n) is 2.93. The van der Waals surface area contributed by atoms with Gasteiger partial charge in [-0.05, 0) is 25.6 Å². The van der Waals surface area contributed by atoms with E-state index in [1.165, 1.54) is 12.1 Å². The highest BCUT2D eigenvalue weighted by Crippen LogP contribution is 2.21. The molecule has 1 N–H and O–H groups in total. The third kappa shape index (κ3) is 4.06. The fourth-order valence-corrected chi connectivity index (χ4v) is 1.77. The lowest BCUT2D eigenvalue weighted by Crippen LogP contribution is -2.25. The van der Waals surface area contributed by atoms with Gasteiger partial charge in [-0.25, -0.2) is 8.78 Å². The molecule has 1 rings (SSSR count). The van der Waals surface area contributed by atoms with Crippen LogP contribution in [0.4, 0.5) is 8.78 Å². The van der Waals surface area contributed by atoms with Crippen molar-refractivity contribution in [3.05, 3.63) is 35.4 Å². The van der Waals surface area contributed by atoms with Crippen LogP contribution < -0.4 is 0 Å². The maximum Gasteiger partial charge on any atom is 0.131 e. The Morgan fingerprint density at radius 3 is 2.41 bits per heavy atom. The summed E-state index contributed by atoms with van der Waals surface area (Å²) in [5, 5.41) is 9.84. The van der Waals surface area contributed by atoms with Crippen LogP contribution in [0.5, 0.6) is 0 Å². The minimum atomic E-state index is -0.879. The maximum atomic E-state index is 13.4. The maximum absolute atomic E-state index is 13.4. The van der Waals surface area contributed by atoms with Crippen molar-refractivity contribution in [1.82, 2.24) is 4.90 Å². The van der Waals surface area contributed by atoms with Gasteiger partial charge in [0.25, 0.3) is 0 Å². The monoisotopic (exact) mass is 243 g/mol. The van der Waals surface area contributed by atoms with Gasteiger partial charge in [0.05, 0.1) is 6.10 Å². The summed E-state index contributed by atoms with van der Waals surface area (Å²) in [6.07, 6.45) is -0.430. The molecule has 0 spiro atoms. The van der Waals surface area contributed by atoms with Crippen molar-refractivity contribution in [2.24, 2.45) is 0 Å². The van der Waals surface area contributed by atoms with Gasteiger partial charge >= 0.3 is 0 Å². The van der Waals surface area contributed by atoms with Crippen molar-refractivity contribution in [2.75, 3.05) is 19.6 Å². The van der Waals surface area contributed by atoms with E-state index >= 15 is 0 Å². The zero-order chi connectivity index (χ0) is 12.8. The summed E-state index contributed by atoms with van der Waals surface area (Å²) in [5.41, 5.74) is 0.165. The van der Waals surface area contributed by atoms with Crippen LogP contribution in [0.1, 0.15) is 31.9 Å². The quantitative estimate of drug-likeness (QED) is 0.830. The van der Waals surface area contributed by atoms with Crippen LogP contribution in [0.3, 0.4) is 0 Å². The standard InChI is InChI=1S/C13H19F2NO/c1-3-16(4-2)8-7-13(17)11-6-5-10(14)9-12(11)15/h5-6,9,13,17H,3-4,7-8H2,1-2H3. The molecule has 0 radical (unpaired) electrons. The highest BCUT2D eigenvalue weighted by molar-refractivity contribution is 5.20. The molecule has 1 aromatic carbocycles. The Bertz CT molecular complexity index is 353. The van der Waals surface area contributed by atoms with E-state index in [2.05, 4.69) is 4.90 Å². The number of halogens is 2. The average Bonchev–Trinajstić information content (AvgIpc) is 2.30. The summed E-state index contributed by atoms with van der Waals surface area (Å²) < 4.78 is 26.1. The molecule has 0 bridgehead atoms. The van der Waals surface area contributed by atoms with Gasteiger partial charge in [-0.3, -0.25) is 0 Å². The predicted octanol–water partition coefficient (Wildman–Crippen LogP) is 2.73. The van der Waals surface area contributed by atoms with Gasteiger partial charge in [-0.15, -0.1) is 0 Å². The third-order valence-corrected chi connectivity index (χ3v) is 2.93. The van der Waals surface area contributed by atoms with Crippen LogP contribution in [-0.2, 0) is 0 Å². The first-order valence-electron chi connectivity index (χ1n) is 5.93. The number of aliphatic hydroxyl groups is 1. The topological polar surface area (TPSA) is 23.5 Å². The van der Waals surface area contributed by atoms with Crippen molar-refractivity contribution in [3.63, 3.8) is 0 Å². The van der Waals surface area contributed by atoms with E-state index in [9.17, 15) is 13.9 Å². The van der Waals surface area contributed by atoms with E-state index in [0.717, 1.165) is 19.2 Å². The molecule has 2 nitrogen and oxygen atoms in total. The fraction of sp³-hybridized carbons (Fsp3) is 0.538. The number of benzene rings is 1. The Hall–Kier alpha value is -1.00. The van der Waals surface area contributed by atoms with E-state index < -0.39 is 17.7 Å². The molecule has 0 fully saturated rings. The van der Waals surface area contributed by atoms with Gasteiger partial charge in [0.2, 0.25) is 0 Å². The molecule has 0 saturated carbocycles. The molecular formula is C13H19F2NO. The van der Waals surface area contributed by atoms with Gasteiger partial charge in [-0.2, -0.15) is 0 Å². The second-order valence-corrected chi connectivity index (χ2v) is 4.00. The van der Waals surface area contributed by atoms with E-state index in [-0.39, 0.29) is 5.56 Å². The van der Waals surface area contributed by atoms with Gasteiger partial charge in [-0.1, -0.05) is 19.9 Å². The van der Waals surface area contributed by atoms with E-state index in [1.54, 1.807) is 0 Å². The molecule has 17 heavy (non-hydrogen) atoms. The van der Waals surface area contributed by atoms with Crippen LogP contribution in [0.25, 0.3) is 0 Å². The van der Waals surface area contributed by atoms with Crippen LogP contribution in [0.2, 0.25) is 0 Å². The number of rotatable bonds is 6. The molecular weight excluding hydrogens is 224 g/mol. The molecule has 1 unspecified atom stereocenters. The molecule has 0 aliphatic heterocycles. The molecule has 0 amide bonds. The second kappa shape index (κ2) is 6.67. The largest absolute Gasteiger partial charge is 0.388 e. The average molecular weight is 243 g/mol. The number of aliphatic hydroxyl groups excluding tert-OH is 1. The zero-order valence-corrected chi connectivity index (χ0v) is 10.3. The Kier molecular flexibility index (Phi) is 5.51. The molecule has 4 heteroatoms. The summed E-state index contributed by atoms with van der Waals surface area (Å²) in [7, 11) is 0. The zero-order valence-electron chi connectivity index (χ0n) is 10.3. The molecule has 96 valence electrons. The van der Waals surface area contributed by atoms with Gasteiger partial charge < -0.3 is 10.0 Å². The Balaban J connectivity index is 2.60. The van der Waals surface area contributed by atoms with Crippen LogP contribution in [-0.4, -0.2) is 29.6 Å². The number of hydrogen-bond acceptors (Lipinski definition) is 2. The summed E-state index contributed by atoms with van der Waals surface area (Å²) in [6, 6.07) is 3.27. The molecule has 0 saturated heterocycles. The first-order chi connectivity index (χ1) is 8.08. The number of nitrogens with zero attached hydrogens (tertiary/aromatic N) is 1. The van der Waals surface area contributed by atoms with Gasteiger partial charge in [0.1, 0.15) is 11.6 Å². The summed E-state index contributed by atoms with van der Waals surface area (Å²) in [6.45, 7) is 6.57. The van der Waals surface area contributed by atoms with E-state index in [0.29, 0.717) is 13.0 Å². The normalized spacial score (nSPS) is 13.1. The second-order valence-electron chi connectivity index (χ2n) is 4.00. The first kappa shape index (κ1) is 14.1. The van der Waals surface area contributed by atoms with Crippen molar-refractivity contribution in [1.29, 1.82) is 0 Å². The first-order valence-corrected chi connectivity index (χ1v) is 5.93.